The van der Waals surface area contributed by atoms with Crippen LogP contribution in [0.2, 0.25) is 0 Å². The number of hydrogen-bond donors (Lipinski definition) is 1. The first-order valence-electron chi connectivity index (χ1n) is 11.2. The highest BCUT2D eigenvalue weighted by Crippen LogP contribution is 2.26. The van der Waals surface area contributed by atoms with E-state index in [0.717, 1.165) is 31.8 Å². The van der Waals surface area contributed by atoms with Crippen LogP contribution in [0.25, 0.3) is 0 Å². The maximum atomic E-state index is 12.6. The third-order valence-corrected chi connectivity index (χ3v) is 6.33. The predicted octanol–water partition coefficient (Wildman–Crippen LogP) is 1.09. The minimum Gasteiger partial charge on any atom is -0.466 e. The van der Waals surface area contributed by atoms with E-state index in [1.165, 1.54) is 16.0 Å². The Morgan fingerprint density at radius 3 is 2.70 bits per heavy atom. The van der Waals surface area contributed by atoms with E-state index in [0.29, 0.717) is 37.1 Å². The Morgan fingerprint density at radius 2 is 2.03 bits per heavy atom. The number of hydrogen-bond acceptors (Lipinski definition) is 9. The fourth-order valence-corrected chi connectivity index (χ4v) is 4.62. The number of thiazole rings is 1. The molecule has 0 aliphatic carbocycles. The first-order valence-corrected chi connectivity index (χ1v) is 12.1. The largest absolute Gasteiger partial charge is 0.466 e. The summed E-state index contributed by atoms with van der Waals surface area (Å²) < 4.78 is 13.2. The van der Waals surface area contributed by atoms with Crippen molar-refractivity contribution >= 4 is 28.3 Å². The van der Waals surface area contributed by atoms with Crippen LogP contribution in [-0.2, 0) is 38.6 Å². The molecule has 0 radical (unpaired) electrons. The number of carbonyl (C=O) groups is 2. The Morgan fingerprint density at radius 1 is 1.27 bits per heavy atom. The van der Waals surface area contributed by atoms with Gasteiger partial charge in [-0.2, -0.15) is 5.10 Å². The van der Waals surface area contributed by atoms with Gasteiger partial charge in [-0.3, -0.25) is 19.1 Å². The van der Waals surface area contributed by atoms with Crippen molar-refractivity contribution in [3.05, 3.63) is 27.4 Å². The van der Waals surface area contributed by atoms with Gasteiger partial charge >= 0.3 is 11.7 Å². The standard InChI is InChI=1S/C21H32N6O5S/c1-4-26-19(24-27(21(26)30)10-11-31-3)15-6-8-25(9-7-15)13-17(28)23-20-22-16(14-33-20)12-18(29)32-5-2/h14-15H,4-13H2,1-3H3,(H,22,23,28). The molecular weight excluding hydrogens is 448 g/mol. The van der Waals surface area contributed by atoms with Gasteiger partial charge in [-0.25, -0.2) is 14.5 Å². The van der Waals surface area contributed by atoms with Gasteiger partial charge in [0.25, 0.3) is 0 Å². The van der Waals surface area contributed by atoms with E-state index >= 15 is 0 Å². The number of methoxy groups -OCH3 is 1. The van der Waals surface area contributed by atoms with Crippen molar-refractivity contribution in [2.45, 2.75) is 52.1 Å². The zero-order chi connectivity index (χ0) is 23.8. The van der Waals surface area contributed by atoms with Crippen LogP contribution >= 0.6 is 11.3 Å². The van der Waals surface area contributed by atoms with Gasteiger partial charge < -0.3 is 14.8 Å². The molecule has 0 aromatic carbocycles. The number of amides is 1. The van der Waals surface area contributed by atoms with E-state index in [1.807, 2.05) is 6.92 Å². The summed E-state index contributed by atoms with van der Waals surface area (Å²) in [4.78, 5) is 43.0. The quantitative estimate of drug-likeness (QED) is 0.475. The van der Waals surface area contributed by atoms with Gasteiger partial charge in [0.2, 0.25) is 5.91 Å². The number of anilines is 1. The lowest BCUT2D eigenvalue weighted by Gasteiger charge is -2.30. The van der Waals surface area contributed by atoms with Crippen molar-refractivity contribution < 1.29 is 19.1 Å². The van der Waals surface area contributed by atoms with Crippen molar-refractivity contribution in [2.24, 2.45) is 0 Å². The normalized spacial score (nSPS) is 15.0. The lowest BCUT2D eigenvalue weighted by atomic mass is 9.96. The van der Waals surface area contributed by atoms with Crippen LogP contribution in [0.1, 0.15) is 44.1 Å². The average Bonchev–Trinajstić information content (AvgIpc) is 3.36. The van der Waals surface area contributed by atoms with E-state index in [1.54, 1.807) is 24.0 Å². The Balaban J connectivity index is 1.50. The monoisotopic (exact) mass is 480 g/mol. The molecular formula is C21H32N6O5S. The van der Waals surface area contributed by atoms with E-state index in [-0.39, 0.29) is 36.4 Å². The molecule has 1 fully saturated rings. The number of likely N-dealkylation sites (tertiary alicyclic amines) is 1. The molecule has 3 rings (SSSR count). The molecule has 0 bridgehead atoms. The highest BCUT2D eigenvalue weighted by atomic mass is 32.1. The molecule has 0 atom stereocenters. The number of ether oxygens (including phenoxy) is 2. The summed E-state index contributed by atoms with van der Waals surface area (Å²) in [5.41, 5.74) is 0.485. The zero-order valence-electron chi connectivity index (χ0n) is 19.4. The van der Waals surface area contributed by atoms with Crippen LogP contribution in [-0.4, -0.2) is 76.1 Å². The molecule has 2 aromatic heterocycles. The lowest BCUT2D eigenvalue weighted by Crippen LogP contribution is -2.39. The average molecular weight is 481 g/mol. The van der Waals surface area contributed by atoms with Crippen molar-refractivity contribution in [3.8, 4) is 0 Å². The predicted molar refractivity (Wildman–Crippen MR) is 124 cm³/mol. The van der Waals surface area contributed by atoms with Crippen molar-refractivity contribution in [1.29, 1.82) is 0 Å². The maximum absolute atomic E-state index is 12.6. The van der Waals surface area contributed by atoms with Gasteiger partial charge in [0, 0.05) is 25.0 Å². The molecule has 12 heteroatoms. The van der Waals surface area contributed by atoms with Crippen LogP contribution in [0.4, 0.5) is 5.13 Å². The van der Waals surface area contributed by atoms with Crippen LogP contribution in [0.3, 0.4) is 0 Å². The number of aromatic nitrogens is 4. The number of nitrogens with one attached hydrogen (secondary N) is 1. The highest BCUT2D eigenvalue weighted by Gasteiger charge is 2.27. The summed E-state index contributed by atoms with van der Waals surface area (Å²) >= 11 is 1.29. The van der Waals surface area contributed by atoms with E-state index in [2.05, 4.69) is 20.3 Å². The second-order valence-corrected chi connectivity index (χ2v) is 8.68. The molecule has 33 heavy (non-hydrogen) atoms. The van der Waals surface area contributed by atoms with Crippen molar-refractivity contribution in [1.82, 2.24) is 24.2 Å². The third-order valence-electron chi connectivity index (χ3n) is 5.52. The molecule has 1 aliphatic rings. The number of nitrogens with zero attached hydrogens (tertiary/aromatic N) is 5. The highest BCUT2D eigenvalue weighted by molar-refractivity contribution is 7.13. The Labute approximate surface area is 196 Å². The van der Waals surface area contributed by atoms with Crippen LogP contribution in [0, 0.1) is 0 Å². The first kappa shape index (κ1) is 25.1. The minimum absolute atomic E-state index is 0.0950. The van der Waals surface area contributed by atoms with Crippen molar-refractivity contribution in [3.63, 3.8) is 0 Å². The molecule has 0 unspecified atom stereocenters. The van der Waals surface area contributed by atoms with Gasteiger partial charge in [0.05, 0.1) is 38.4 Å². The molecule has 1 saturated heterocycles. The van der Waals surface area contributed by atoms with Gasteiger partial charge in [-0.1, -0.05) is 0 Å². The van der Waals surface area contributed by atoms with E-state index < -0.39 is 0 Å². The SMILES string of the molecule is CCOC(=O)Cc1csc(NC(=O)CN2CCC(c3nn(CCOC)c(=O)n3CC)CC2)n1. The van der Waals surface area contributed by atoms with E-state index in [4.69, 9.17) is 9.47 Å². The second-order valence-electron chi connectivity index (χ2n) is 7.83. The molecule has 2 aromatic rings. The molecule has 11 nitrogen and oxygen atoms in total. The fraction of sp³-hybridized carbons (Fsp3) is 0.667. The first-order chi connectivity index (χ1) is 15.9. The van der Waals surface area contributed by atoms with Gasteiger partial charge in [-0.15, -0.1) is 11.3 Å². The van der Waals surface area contributed by atoms with Gasteiger partial charge in [0.15, 0.2) is 5.13 Å². The minimum atomic E-state index is -0.333. The summed E-state index contributed by atoms with van der Waals surface area (Å²) in [5, 5.41) is 9.60. The van der Waals surface area contributed by atoms with Crippen LogP contribution < -0.4 is 11.0 Å². The summed E-state index contributed by atoms with van der Waals surface area (Å²) in [7, 11) is 1.60. The molecule has 1 aliphatic heterocycles. The Kier molecular flexibility index (Phi) is 9.15. The summed E-state index contributed by atoms with van der Waals surface area (Å²) in [6.45, 7) is 7.24. The molecule has 182 valence electrons. The molecule has 0 spiro atoms. The van der Waals surface area contributed by atoms with Crippen LogP contribution in [0.15, 0.2) is 10.2 Å². The molecule has 1 amide bonds. The third kappa shape index (κ3) is 6.71. The number of carbonyl (C=O) groups excluding carboxylic acids is 2. The lowest BCUT2D eigenvalue weighted by molar-refractivity contribution is -0.142. The van der Waals surface area contributed by atoms with Crippen LogP contribution in [0.5, 0.6) is 0 Å². The number of esters is 1. The summed E-state index contributed by atoms with van der Waals surface area (Å²) in [6, 6.07) is 0. The van der Waals surface area contributed by atoms with E-state index in [9.17, 15) is 14.4 Å². The summed E-state index contributed by atoms with van der Waals surface area (Å²) in [6.07, 6.45) is 1.75. The smallest absolute Gasteiger partial charge is 0.345 e. The number of piperidine rings is 1. The topological polar surface area (TPSA) is 121 Å². The van der Waals surface area contributed by atoms with Gasteiger partial charge in [0.1, 0.15) is 5.82 Å². The number of rotatable bonds is 11. The van der Waals surface area contributed by atoms with Gasteiger partial charge in [-0.05, 0) is 39.8 Å². The fourth-order valence-electron chi connectivity index (χ4n) is 3.90. The molecule has 0 saturated carbocycles. The zero-order valence-corrected chi connectivity index (χ0v) is 20.2. The second kappa shape index (κ2) is 12.1. The Hall–Kier alpha value is -2.57. The molecule has 1 N–H and O–H groups in total. The summed E-state index contributed by atoms with van der Waals surface area (Å²) in [5.74, 6) is 0.533. The maximum Gasteiger partial charge on any atom is 0.345 e. The van der Waals surface area contributed by atoms with Crippen molar-refractivity contribution in [2.75, 3.05) is 45.3 Å². The molecule has 3 heterocycles. The Bertz CT molecular complexity index is 992.